The Balaban J connectivity index is 1.58. The monoisotopic (exact) mass is 477 g/mol. The van der Waals surface area contributed by atoms with E-state index in [2.05, 4.69) is 27.4 Å². The Kier molecular flexibility index (Phi) is 7.42. The summed E-state index contributed by atoms with van der Waals surface area (Å²) < 4.78 is 6.88. The van der Waals surface area contributed by atoms with E-state index < -0.39 is 5.91 Å². The Morgan fingerprint density at radius 1 is 1.17 bits per heavy atom. The molecule has 3 amide bonds. The van der Waals surface area contributed by atoms with Crippen molar-refractivity contribution >= 4 is 17.8 Å². The van der Waals surface area contributed by atoms with Crippen molar-refractivity contribution in [1.29, 1.82) is 0 Å². The fourth-order valence-electron chi connectivity index (χ4n) is 4.32. The second kappa shape index (κ2) is 10.7. The maximum absolute atomic E-state index is 13.1. The van der Waals surface area contributed by atoms with Gasteiger partial charge >= 0.3 is 6.03 Å². The average molecular weight is 478 g/mol. The molecule has 2 atom stereocenters. The number of carbonyl (C=O) groups is 2. The zero-order valence-corrected chi connectivity index (χ0v) is 20.2. The van der Waals surface area contributed by atoms with Crippen LogP contribution in [0.3, 0.4) is 0 Å². The second-order valence-corrected chi connectivity index (χ2v) is 8.80. The number of anilines is 1. The van der Waals surface area contributed by atoms with E-state index >= 15 is 0 Å². The molecule has 10 heteroatoms. The summed E-state index contributed by atoms with van der Waals surface area (Å²) in [6, 6.07) is 12.6. The fraction of sp³-hybridized carbons (Fsp3) is 0.360. The van der Waals surface area contributed by atoms with Crippen LogP contribution in [0.2, 0.25) is 0 Å². The van der Waals surface area contributed by atoms with Crippen LogP contribution in [0.15, 0.2) is 48.7 Å². The van der Waals surface area contributed by atoms with Crippen molar-refractivity contribution in [3.05, 3.63) is 59.9 Å². The van der Waals surface area contributed by atoms with Crippen molar-refractivity contribution in [3.8, 4) is 16.9 Å². The molecule has 4 N–H and O–H groups in total. The summed E-state index contributed by atoms with van der Waals surface area (Å²) in [6.45, 7) is 7.22. The number of hydrogen-bond acceptors (Lipinski definition) is 6. The molecule has 1 aromatic carbocycles. The third kappa shape index (κ3) is 5.50. The van der Waals surface area contributed by atoms with Crippen LogP contribution in [0.1, 0.15) is 23.0 Å². The number of primary amides is 1. The zero-order valence-electron chi connectivity index (χ0n) is 20.2. The summed E-state index contributed by atoms with van der Waals surface area (Å²) >= 11 is 0. The van der Waals surface area contributed by atoms with Gasteiger partial charge < -0.3 is 15.8 Å². The Morgan fingerprint density at radius 3 is 2.60 bits per heavy atom. The Hall–Kier alpha value is -3.76. The van der Waals surface area contributed by atoms with Gasteiger partial charge in [-0.2, -0.15) is 5.10 Å². The van der Waals surface area contributed by atoms with Gasteiger partial charge in [0, 0.05) is 50.1 Å². The Bertz CT molecular complexity index is 1180. The number of nitrogens with one attached hydrogen (secondary N) is 2. The number of hydrogen-bond donors (Lipinski definition) is 3. The number of nitrogens with two attached hydrogens (primary N) is 1. The molecule has 10 nitrogen and oxygen atoms in total. The van der Waals surface area contributed by atoms with Crippen LogP contribution in [0.4, 0.5) is 10.6 Å². The van der Waals surface area contributed by atoms with Gasteiger partial charge in [-0.15, -0.1) is 0 Å². The van der Waals surface area contributed by atoms with Crippen molar-refractivity contribution in [2.75, 3.05) is 38.7 Å². The lowest BCUT2D eigenvalue weighted by molar-refractivity contribution is 0.0995. The van der Waals surface area contributed by atoms with Gasteiger partial charge in [0.15, 0.2) is 0 Å². The van der Waals surface area contributed by atoms with E-state index in [4.69, 9.17) is 15.6 Å². The van der Waals surface area contributed by atoms with Crippen LogP contribution in [-0.4, -0.2) is 71.0 Å². The predicted octanol–water partition coefficient (Wildman–Crippen LogP) is 2.43. The number of ether oxygens (including phenoxy) is 1. The highest BCUT2D eigenvalue weighted by atomic mass is 16.5. The van der Waals surface area contributed by atoms with E-state index in [-0.39, 0.29) is 17.8 Å². The minimum absolute atomic E-state index is 0.0327. The maximum atomic E-state index is 13.1. The number of pyridine rings is 1. The molecular weight excluding hydrogens is 446 g/mol. The normalized spacial score (nSPS) is 17.9. The number of carbonyl (C=O) groups excluding carboxylic acids is 2. The molecule has 0 spiro atoms. The highest BCUT2D eigenvalue weighted by Gasteiger charge is 2.31. The summed E-state index contributed by atoms with van der Waals surface area (Å²) in [6.07, 6.45) is 1.56. The van der Waals surface area contributed by atoms with Gasteiger partial charge in [0.1, 0.15) is 11.5 Å². The summed E-state index contributed by atoms with van der Waals surface area (Å²) in [5, 5.41) is 10.9. The first-order valence-corrected chi connectivity index (χ1v) is 11.6. The van der Waals surface area contributed by atoms with Gasteiger partial charge in [0.25, 0.3) is 5.91 Å². The molecule has 3 heterocycles. The summed E-state index contributed by atoms with van der Waals surface area (Å²) in [5.41, 5.74) is 8.43. The van der Waals surface area contributed by atoms with Crippen LogP contribution in [0, 0.1) is 12.8 Å². The molecule has 1 aliphatic heterocycles. The minimum Gasteiger partial charge on any atom is -0.383 e. The third-order valence-electron chi connectivity index (χ3n) is 6.26. The molecule has 4 rings (SSSR count). The molecule has 0 radical (unpaired) electrons. The van der Waals surface area contributed by atoms with Gasteiger partial charge in [0.05, 0.1) is 18.0 Å². The maximum Gasteiger partial charge on any atom is 0.320 e. The average Bonchev–Trinajstić information content (AvgIpc) is 3.37. The van der Waals surface area contributed by atoms with E-state index in [1.54, 1.807) is 30.1 Å². The molecule has 35 heavy (non-hydrogen) atoms. The number of urea groups is 1. The van der Waals surface area contributed by atoms with Crippen LogP contribution in [-0.2, 0) is 4.74 Å². The molecule has 2 aromatic heterocycles. The van der Waals surface area contributed by atoms with Crippen molar-refractivity contribution in [3.63, 3.8) is 0 Å². The van der Waals surface area contributed by atoms with Gasteiger partial charge in [-0.1, -0.05) is 25.1 Å². The van der Waals surface area contributed by atoms with Crippen molar-refractivity contribution in [2.45, 2.75) is 19.9 Å². The number of amides is 3. The van der Waals surface area contributed by atoms with Crippen molar-refractivity contribution < 1.29 is 14.3 Å². The van der Waals surface area contributed by atoms with Gasteiger partial charge in [0.2, 0.25) is 0 Å². The van der Waals surface area contributed by atoms with Gasteiger partial charge in [-0.05, 0) is 37.1 Å². The molecule has 0 saturated carbocycles. The van der Waals surface area contributed by atoms with E-state index in [9.17, 15) is 9.59 Å². The fourth-order valence-corrected chi connectivity index (χ4v) is 4.32. The largest absolute Gasteiger partial charge is 0.383 e. The topological polar surface area (TPSA) is 127 Å². The first-order valence-electron chi connectivity index (χ1n) is 11.6. The van der Waals surface area contributed by atoms with Crippen molar-refractivity contribution in [2.24, 2.45) is 11.7 Å². The molecule has 0 aliphatic carbocycles. The number of rotatable bonds is 8. The number of benzene rings is 1. The molecule has 1 aliphatic rings. The van der Waals surface area contributed by atoms with Crippen molar-refractivity contribution in [1.82, 2.24) is 25.0 Å². The smallest absolute Gasteiger partial charge is 0.320 e. The van der Waals surface area contributed by atoms with E-state index in [0.29, 0.717) is 29.6 Å². The number of methoxy groups -OCH3 is 1. The van der Waals surface area contributed by atoms with Crippen LogP contribution in [0.5, 0.6) is 0 Å². The molecule has 1 saturated heterocycles. The first kappa shape index (κ1) is 24.4. The van der Waals surface area contributed by atoms with Gasteiger partial charge in [-0.25, -0.2) is 9.48 Å². The zero-order chi connectivity index (χ0) is 24.9. The highest BCUT2D eigenvalue weighted by Crippen LogP contribution is 2.30. The number of likely N-dealkylation sites (tertiary alicyclic amines) is 1. The Labute approximate surface area is 204 Å². The molecule has 3 aromatic rings. The minimum atomic E-state index is -0.593. The summed E-state index contributed by atoms with van der Waals surface area (Å²) in [4.78, 5) is 30.9. The lowest BCUT2D eigenvalue weighted by Crippen LogP contribution is -2.42. The number of aromatic nitrogens is 3. The van der Waals surface area contributed by atoms with Crippen LogP contribution in [0.25, 0.3) is 16.9 Å². The van der Waals surface area contributed by atoms with E-state index in [1.807, 2.05) is 37.3 Å². The molecule has 0 bridgehead atoms. The first-order chi connectivity index (χ1) is 16.9. The highest BCUT2D eigenvalue weighted by molar-refractivity contribution is 5.92. The lowest BCUT2D eigenvalue weighted by Gasteiger charge is -2.18. The molecular formula is C25H31N7O3. The quantitative estimate of drug-likeness (QED) is 0.457. The number of nitrogens with zero attached hydrogens (tertiary/aromatic N) is 4. The van der Waals surface area contributed by atoms with Crippen LogP contribution < -0.4 is 16.4 Å². The van der Waals surface area contributed by atoms with Gasteiger partial charge in [-0.3, -0.25) is 20.0 Å². The summed E-state index contributed by atoms with van der Waals surface area (Å²) in [7, 11) is 1.69. The lowest BCUT2D eigenvalue weighted by atomic mass is 10.1. The third-order valence-corrected chi connectivity index (χ3v) is 6.26. The van der Waals surface area contributed by atoms with Crippen LogP contribution >= 0.6 is 0 Å². The predicted molar refractivity (Wildman–Crippen MR) is 133 cm³/mol. The second-order valence-electron chi connectivity index (χ2n) is 8.80. The molecule has 1 fully saturated rings. The molecule has 0 unspecified atom stereocenters. The van der Waals surface area contributed by atoms with E-state index in [1.165, 1.54) is 0 Å². The van der Waals surface area contributed by atoms with E-state index in [0.717, 1.165) is 30.9 Å². The standard InChI is InChI=1S/C25H31N7O3/c1-16-14-31(11-12-35-3)15-21(16)28-25(34)29-24-17(2)22(18-9-10-20(23(26)33)27-13-18)30-32(24)19-7-5-4-6-8-19/h4-10,13,16,21H,11-12,14-15H2,1-3H3,(H2,26,33)(H2,28,29,34)/t16-,21-/m1/s1. The summed E-state index contributed by atoms with van der Waals surface area (Å²) in [5.74, 6) is 0.289. The molecule has 184 valence electrons. The SMILES string of the molecule is COCCN1C[C@@H](C)[C@H](NC(=O)Nc2c(C)c(-c3ccc(C(N)=O)nc3)nn2-c2ccccc2)C1. The Morgan fingerprint density at radius 2 is 1.94 bits per heavy atom. The number of para-hydroxylation sites is 1.